The van der Waals surface area contributed by atoms with Crippen LogP contribution in [0.5, 0.6) is 11.5 Å². The van der Waals surface area contributed by atoms with E-state index in [0.717, 1.165) is 0 Å². The Labute approximate surface area is 152 Å². The monoisotopic (exact) mass is 376 g/mol. The van der Waals surface area contributed by atoms with Gasteiger partial charge in [0.2, 0.25) is 11.5 Å². The summed E-state index contributed by atoms with van der Waals surface area (Å²) in [5.41, 5.74) is 6.26. The summed E-state index contributed by atoms with van der Waals surface area (Å²) in [7, 11) is 0. The average Bonchev–Trinajstić information content (AvgIpc) is 2.90. The molecule has 2 amide bonds. The number of rotatable bonds is 0. The minimum Gasteiger partial charge on any atom is -0.504 e. The molecule has 1 atom stereocenters. The van der Waals surface area contributed by atoms with Crippen LogP contribution in [0.25, 0.3) is 5.57 Å². The number of hydrogen-bond donors (Lipinski definition) is 7. The highest BCUT2D eigenvalue weighted by molar-refractivity contribution is 6.06. The molecule has 0 fully saturated rings. The minimum absolute atomic E-state index is 0.0348. The van der Waals surface area contributed by atoms with E-state index in [-0.39, 0.29) is 30.3 Å². The fourth-order valence-electron chi connectivity index (χ4n) is 3.26. The fourth-order valence-corrected chi connectivity index (χ4v) is 3.26. The molecule has 1 aromatic carbocycles. The van der Waals surface area contributed by atoms with Gasteiger partial charge in [0.1, 0.15) is 12.2 Å². The molecular weight excluding hydrogens is 360 g/mol. The van der Waals surface area contributed by atoms with Crippen LogP contribution in [0.2, 0.25) is 0 Å². The second-order valence-electron chi connectivity index (χ2n) is 6.14. The van der Waals surface area contributed by atoms with Crippen molar-refractivity contribution in [2.24, 2.45) is 5.73 Å². The van der Waals surface area contributed by atoms with Gasteiger partial charge in [0.25, 0.3) is 0 Å². The third kappa shape index (κ3) is 2.96. The number of allylic oxidation sites excluding steroid dienone is 2. The maximum Gasteiger partial charge on any atom is 0.335 e. The number of nitrogens with one attached hydrogen (secondary N) is 1. The Bertz CT molecular complexity index is 946. The Kier molecular flexibility index (Phi) is 4.30. The SMILES string of the molecule is NC(=O)NO.O=C1C=CC2=C3c4cc(O)c(O)cc4CC3(O)COC2=C1O. The average molecular weight is 376 g/mol. The number of nitrogens with two attached hydrogens (primary N) is 1. The van der Waals surface area contributed by atoms with Crippen LogP contribution < -0.4 is 11.2 Å². The Hall–Kier alpha value is -3.50. The topological polar surface area (TPSA) is 183 Å². The van der Waals surface area contributed by atoms with Crippen molar-refractivity contribution in [1.82, 2.24) is 5.48 Å². The molecule has 27 heavy (non-hydrogen) atoms. The maximum atomic E-state index is 11.5. The summed E-state index contributed by atoms with van der Waals surface area (Å²) in [4.78, 5) is 20.8. The number of aliphatic hydroxyl groups is 2. The Morgan fingerprint density at radius 1 is 1.19 bits per heavy atom. The van der Waals surface area contributed by atoms with Crippen LogP contribution in [0.1, 0.15) is 11.1 Å². The van der Waals surface area contributed by atoms with Gasteiger partial charge in [0.05, 0.1) is 0 Å². The van der Waals surface area contributed by atoms with E-state index in [1.807, 2.05) is 0 Å². The van der Waals surface area contributed by atoms with Crippen LogP contribution >= 0.6 is 0 Å². The Balaban J connectivity index is 0.000000376. The molecule has 1 aliphatic heterocycles. The van der Waals surface area contributed by atoms with Gasteiger partial charge in [0, 0.05) is 17.6 Å². The molecule has 0 radical (unpaired) electrons. The number of hydroxylamine groups is 1. The molecular formula is C17H16N2O8. The number of ether oxygens (including phenoxy) is 1. The van der Waals surface area contributed by atoms with Crippen molar-refractivity contribution in [3.63, 3.8) is 0 Å². The van der Waals surface area contributed by atoms with Crippen LogP contribution in [0.3, 0.4) is 0 Å². The van der Waals surface area contributed by atoms with Crippen LogP contribution in [0.15, 0.2) is 41.4 Å². The third-order valence-corrected chi connectivity index (χ3v) is 4.35. The first-order valence-corrected chi connectivity index (χ1v) is 7.68. The van der Waals surface area contributed by atoms with Crippen molar-refractivity contribution in [3.05, 3.63) is 52.5 Å². The highest BCUT2D eigenvalue weighted by Gasteiger charge is 2.47. The van der Waals surface area contributed by atoms with Crippen LogP contribution in [-0.4, -0.2) is 49.7 Å². The molecule has 3 aliphatic rings. The highest BCUT2D eigenvalue weighted by Crippen LogP contribution is 2.50. The third-order valence-electron chi connectivity index (χ3n) is 4.35. The molecule has 0 saturated carbocycles. The fraction of sp³-hybridized carbons (Fsp3) is 0.176. The lowest BCUT2D eigenvalue weighted by Gasteiger charge is -2.33. The number of ketones is 1. The molecule has 0 saturated heterocycles. The number of urea groups is 1. The van der Waals surface area contributed by atoms with Crippen LogP contribution in [0.4, 0.5) is 4.79 Å². The van der Waals surface area contributed by atoms with Crippen molar-refractivity contribution in [2.45, 2.75) is 12.0 Å². The molecule has 10 nitrogen and oxygen atoms in total. The first kappa shape index (κ1) is 18.3. The predicted octanol–water partition coefficient (Wildman–Crippen LogP) is 0.121. The number of hydrogen-bond acceptors (Lipinski definition) is 8. The number of aromatic hydroxyl groups is 2. The smallest absolute Gasteiger partial charge is 0.335 e. The molecule has 0 spiro atoms. The van der Waals surface area contributed by atoms with Crippen molar-refractivity contribution >= 4 is 17.4 Å². The summed E-state index contributed by atoms with van der Waals surface area (Å²) in [6.07, 6.45) is 2.90. The number of aliphatic hydroxyl groups excluding tert-OH is 1. The first-order valence-electron chi connectivity index (χ1n) is 7.68. The summed E-state index contributed by atoms with van der Waals surface area (Å²) >= 11 is 0. The largest absolute Gasteiger partial charge is 0.504 e. The number of carbonyl (C=O) groups is 2. The molecule has 1 unspecified atom stereocenters. The van der Waals surface area contributed by atoms with Gasteiger partial charge in [-0.05, 0) is 35.4 Å². The van der Waals surface area contributed by atoms with Gasteiger partial charge in [-0.25, -0.2) is 10.3 Å². The van der Waals surface area contributed by atoms with Crippen LogP contribution in [0, 0.1) is 0 Å². The Morgan fingerprint density at radius 2 is 1.81 bits per heavy atom. The first-order chi connectivity index (χ1) is 12.7. The van der Waals surface area contributed by atoms with E-state index in [4.69, 9.17) is 9.94 Å². The number of phenols is 2. The molecule has 0 aromatic heterocycles. The molecule has 10 heteroatoms. The zero-order valence-corrected chi connectivity index (χ0v) is 13.8. The van der Waals surface area contributed by atoms with E-state index in [1.165, 1.54) is 29.8 Å². The van der Waals surface area contributed by atoms with Gasteiger partial charge >= 0.3 is 6.03 Å². The summed E-state index contributed by atoms with van der Waals surface area (Å²) in [5, 5.41) is 47.5. The summed E-state index contributed by atoms with van der Waals surface area (Å²) in [6.45, 7) is -0.122. The van der Waals surface area contributed by atoms with Crippen molar-refractivity contribution in [2.75, 3.05) is 6.61 Å². The maximum absolute atomic E-state index is 11.5. The lowest BCUT2D eigenvalue weighted by atomic mass is 9.85. The van der Waals surface area contributed by atoms with Crippen molar-refractivity contribution in [3.8, 4) is 11.5 Å². The molecule has 2 aliphatic carbocycles. The van der Waals surface area contributed by atoms with E-state index in [2.05, 4.69) is 5.73 Å². The standard InChI is InChI=1S/C16H12O6.CH4N2O2/c17-10-2-1-8-13-9-4-12(19)11(18)3-7(9)5-16(13,21)6-22-15(8)14(10)20;2-1(4)3-5/h1-4,18-21H,5-6H2;5H,(H3,2,3,4). The number of fused-ring (bicyclic) bond motifs is 4. The van der Waals surface area contributed by atoms with Gasteiger partial charge in [-0.2, -0.15) is 0 Å². The Morgan fingerprint density at radius 3 is 2.44 bits per heavy atom. The van der Waals surface area contributed by atoms with E-state index in [0.29, 0.717) is 22.3 Å². The highest BCUT2D eigenvalue weighted by atomic mass is 16.5. The number of primary amides is 1. The summed E-state index contributed by atoms with van der Waals surface area (Å²) in [5.74, 6) is -1.58. The molecule has 4 rings (SSSR count). The number of amides is 2. The second kappa shape index (κ2) is 6.34. The van der Waals surface area contributed by atoms with E-state index in [9.17, 15) is 30.0 Å². The minimum atomic E-state index is -1.33. The quantitative estimate of drug-likeness (QED) is 0.189. The zero-order valence-electron chi connectivity index (χ0n) is 13.8. The molecule has 8 N–H and O–H groups in total. The van der Waals surface area contributed by atoms with E-state index in [1.54, 1.807) is 0 Å². The van der Waals surface area contributed by atoms with Gasteiger partial charge < -0.3 is 30.9 Å². The number of phenolic OH excluding ortho intramolecular Hbond substituents is 2. The van der Waals surface area contributed by atoms with E-state index >= 15 is 0 Å². The lowest BCUT2D eigenvalue weighted by Crippen LogP contribution is -2.39. The van der Waals surface area contributed by atoms with Crippen molar-refractivity contribution in [1.29, 1.82) is 0 Å². The van der Waals surface area contributed by atoms with Crippen molar-refractivity contribution < 1.29 is 40.0 Å². The number of carbonyl (C=O) groups excluding carboxylic acids is 2. The van der Waals surface area contributed by atoms with Gasteiger partial charge in [-0.1, -0.05) is 0 Å². The predicted molar refractivity (Wildman–Crippen MR) is 89.6 cm³/mol. The van der Waals surface area contributed by atoms with Gasteiger partial charge in [-0.15, -0.1) is 0 Å². The molecule has 1 heterocycles. The normalized spacial score (nSPS) is 22.2. The number of benzene rings is 1. The molecule has 1 aromatic rings. The molecule has 142 valence electrons. The van der Waals surface area contributed by atoms with Gasteiger partial charge in [0.15, 0.2) is 17.3 Å². The van der Waals surface area contributed by atoms with E-state index < -0.39 is 23.2 Å². The second-order valence-corrected chi connectivity index (χ2v) is 6.14. The summed E-state index contributed by atoms with van der Waals surface area (Å²) < 4.78 is 5.40. The summed E-state index contributed by atoms with van der Waals surface area (Å²) in [6, 6.07) is 1.83. The van der Waals surface area contributed by atoms with Crippen LogP contribution in [-0.2, 0) is 16.0 Å². The zero-order chi connectivity index (χ0) is 19.9. The van der Waals surface area contributed by atoms with Gasteiger partial charge in [-0.3, -0.25) is 10.0 Å². The lowest BCUT2D eigenvalue weighted by molar-refractivity contribution is -0.114. The molecule has 0 bridgehead atoms.